The van der Waals surface area contributed by atoms with E-state index in [0.717, 1.165) is 18.8 Å². The summed E-state index contributed by atoms with van der Waals surface area (Å²) in [6.07, 6.45) is 0.656. The molecule has 2 rings (SSSR count). The Hall–Kier alpha value is -1.06. The lowest BCUT2D eigenvalue weighted by Crippen LogP contribution is -2.43. The molecule has 19 heavy (non-hydrogen) atoms. The number of hydrogen-bond donors (Lipinski definition) is 1. The van der Waals surface area contributed by atoms with Crippen molar-refractivity contribution in [3.63, 3.8) is 0 Å². The summed E-state index contributed by atoms with van der Waals surface area (Å²) in [6.45, 7) is 10.3. The van der Waals surface area contributed by atoms with Crippen LogP contribution in [0.3, 0.4) is 0 Å². The second-order valence-electron chi connectivity index (χ2n) is 5.80. The lowest BCUT2D eigenvalue weighted by Gasteiger charge is -2.33. The Kier molecular flexibility index (Phi) is 4.83. The van der Waals surface area contributed by atoms with Gasteiger partial charge in [0.2, 0.25) is 0 Å². The molecule has 3 heteroatoms. The Balaban J connectivity index is 2.01. The normalized spacial score (nSPS) is 23.9. The molecule has 0 radical (unpaired) electrons. The number of ether oxygens (including phenoxy) is 2. The van der Waals surface area contributed by atoms with Crippen LogP contribution >= 0.6 is 0 Å². The summed E-state index contributed by atoms with van der Waals surface area (Å²) in [7, 11) is 0. The Morgan fingerprint density at radius 1 is 1.11 bits per heavy atom. The van der Waals surface area contributed by atoms with Gasteiger partial charge in [0.15, 0.2) is 0 Å². The van der Waals surface area contributed by atoms with E-state index in [9.17, 15) is 0 Å². The van der Waals surface area contributed by atoms with E-state index in [0.29, 0.717) is 12.0 Å². The molecule has 0 aromatic heterocycles. The zero-order valence-electron chi connectivity index (χ0n) is 12.3. The molecule has 1 N–H and O–H groups in total. The second-order valence-corrected chi connectivity index (χ2v) is 5.80. The Labute approximate surface area is 116 Å². The summed E-state index contributed by atoms with van der Waals surface area (Å²) in [6, 6.07) is 8.26. The monoisotopic (exact) mass is 263 g/mol. The van der Waals surface area contributed by atoms with E-state index in [1.165, 1.54) is 5.56 Å². The smallest absolute Gasteiger partial charge is 0.119 e. The van der Waals surface area contributed by atoms with Gasteiger partial charge in [0.25, 0.3) is 0 Å². The average Bonchev–Trinajstić information content (AvgIpc) is 2.39. The van der Waals surface area contributed by atoms with Gasteiger partial charge in [-0.3, -0.25) is 0 Å². The van der Waals surface area contributed by atoms with Crippen molar-refractivity contribution in [1.29, 1.82) is 0 Å². The molecule has 1 aliphatic heterocycles. The molecule has 3 nitrogen and oxygen atoms in total. The number of hydrogen-bond acceptors (Lipinski definition) is 3. The van der Waals surface area contributed by atoms with Crippen LogP contribution in [-0.4, -0.2) is 25.3 Å². The van der Waals surface area contributed by atoms with Crippen LogP contribution in [0.4, 0.5) is 0 Å². The first-order valence-corrected chi connectivity index (χ1v) is 7.19. The van der Waals surface area contributed by atoms with E-state index < -0.39 is 0 Å². The predicted octanol–water partition coefficient (Wildman–Crippen LogP) is 3.16. The molecule has 0 spiro atoms. The van der Waals surface area contributed by atoms with Crippen molar-refractivity contribution >= 4 is 0 Å². The van der Waals surface area contributed by atoms with E-state index in [4.69, 9.17) is 9.47 Å². The fraction of sp³-hybridized carbons (Fsp3) is 0.625. The van der Waals surface area contributed by atoms with Crippen LogP contribution in [0.1, 0.15) is 39.4 Å². The summed E-state index contributed by atoms with van der Waals surface area (Å²) in [4.78, 5) is 0. The maximum Gasteiger partial charge on any atom is 0.119 e. The molecule has 106 valence electrons. The van der Waals surface area contributed by atoms with E-state index in [1.54, 1.807) is 0 Å². The maximum atomic E-state index is 6.15. The third kappa shape index (κ3) is 3.95. The summed E-state index contributed by atoms with van der Waals surface area (Å²) < 4.78 is 11.8. The fourth-order valence-electron chi connectivity index (χ4n) is 2.29. The van der Waals surface area contributed by atoms with Gasteiger partial charge in [-0.15, -0.1) is 0 Å². The van der Waals surface area contributed by atoms with Crippen LogP contribution in [0.25, 0.3) is 0 Å². The van der Waals surface area contributed by atoms with Crippen LogP contribution in [0.15, 0.2) is 24.3 Å². The second kappa shape index (κ2) is 6.40. The summed E-state index contributed by atoms with van der Waals surface area (Å²) in [5.41, 5.74) is 1.22. The first-order chi connectivity index (χ1) is 9.06. The number of morpholine rings is 1. The predicted molar refractivity (Wildman–Crippen MR) is 77.5 cm³/mol. The van der Waals surface area contributed by atoms with Crippen molar-refractivity contribution in [3.05, 3.63) is 29.8 Å². The molecular weight excluding hydrogens is 238 g/mol. The molecule has 1 aromatic rings. The first kappa shape index (κ1) is 14.4. The highest BCUT2D eigenvalue weighted by Crippen LogP contribution is 2.26. The van der Waals surface area contributed by atoms with Gasteiger partial charge in [0.1, 0.15) is 5.75 Å². The Bertz CT molecular complexity index is 386. The molecule has 1 aliphatic rings. The third-order valence-corrected chi connectivity index (χ3v) is 3.38. The fourth-order valence-corrected chi connectivity index (χ4v) is 2.29. The molecule has 1 fully saturated rings. The standard InChI is InChI=1S/C16H25NO2/c1-11(2)15-9-17-10-16(19-15)13-5-7-14(8-6-13)18-12(3)4/h5-8,11-12,15-17H,9-10H2,1-4H3. The lowest BCUT2D eigenvalue weighted by atomic mass is 10.0. The quantitative estimate of drug-likeness (QED) is 0.905. The van der Waals surface area contributed by atoms with Gasteiger partial charge in [0, 0.05) is 13.1 Å². The van der Waals surface area contributed by atoms with Crippen LogP contribution in [0, 0.1) is 5.92 Å². The number of nitrogens with one attached hydrogen (secondary N) is 1. The van der Waals surface area contributed by atoms with Gasteiger partial charge in [-0.2, -0.15) is 0 Å². The van der Waals surface area contributed by atoms with Crippen LogP contribution < -0.4 is 10.1 Å². The number of rotatable bonds is 4. The highest BCUT2D eigenvalue weighted by molar-refractivity contribution is 5.29. The van der Waals surface area contributed by atoms with E-state index in [1.807, 2.05) is 26.0 Å². The minimum atomic E-state index is 0.147. The molecule has 2 unspecified atom stereocenters. The minimum absolute atomic E-state index is 0.147. The highest BCUT2D eigenvalue weighted by Gasteiger charge is 2.25. The van der Waals surface area contributed by atoms with Crippen LogP contribution in [0.2, 0.25) is 0 Å². The average molecular weight is 263 g/mol. The molecule has 0 aliphatic carbocycles. The molecular formula is C16H25NO2. The van der Waals surface area contributed by atoms with Gasteiger partial charge < -0.3 is 14.8 Å². The molecule has 1 saturated heterocycles. The van der Waals surface area contributed by atoms with Crippen molar-refractivity contribution in [3.8, 4) is 5.75 Å². The first-order valence-electron chi connectivity index (χ1n) is 7.19. The van der Waals surface area contributed by atoms with Crippen molar-refractivity contribution in [1.82, 2.24) is 5.32 Å². The van der Waals surface area contributed by atoms with Crippen LogP contribution in [0.5, 0.6) is 5.75 Å². The van der Waals surface area contributed by atoms with Gasteiger partial charge in [0.05, 0.1) is 18.3 Å². The zero-order chi connectivity index (χ0) is 13.8. The van der Waals surface area contributed by atoms with Gasteiger partial charge in [-0.1, -0.05) is 26.0 Å². The molecule has 0 saturated carbocycles. The molecule has 0 bridgehead atoms. The van der Waals surface area contributed by atoms with Crippen molar-refractivity contribution in [2.24, 2.45) is 5.92 Å². The third-order valence-electron chi connectivity index (χ3n) is 3.38. The minimum Gasteiger partial charge on any atom is -0.491 e. The maximum absolute atomic E-state index is 6.15. The molecule has 1 aromatic carbocycles. The summed E-state index contributed by atoms with van der Waals surface area (Å²) in [5.74, 6) is 1.46. The van der Waals surface area contributed by atoms with Crippen molar-refractivity contribution in [2.45, 2.75) is 46.0 Å². The Morgan fingerprint density at radius 3 is 2.37 bits per heavy atom. The molecule has 0 amide bonds. The topological polar surface area (TPSA) is 30.5 Å². The Morgan fingerprint density at radius 2 is 1.79 bits per heavy atom. The largest absolute Gasteiger partial charge is 0.491 e. The van der Waals surface area contributed by atoms with E-state index in [-0.39, 0.29) is 12.2 Å². The SMILES string of the molecule is CC(C)Oc1ccc(C2CNCC(C(C)C)O2)cc1. The van der Waals surface area contributed by atoms with Gasteiger partial charge in [-0.05, 0) is 37.5 Å². The molecule has 1 heterocycles. The van der Waals surface area contributed by atoms with Gasteiger partial charge in [-0.25, -0.2) is 0 Å². The highest BCUT2D eigenvalue weighted by atomic mass is 16.5. The molecule has 2 atom stereocenters. The summed E-state index contributed by atoms with van der Waals surface area (Å²) in [5, 5.41) is 3.46. The zero-order valence-corrected chi connectivity index (χ0v) is 12.3. The van der Waals surface area contributed by atoms with Gasteiger partial charge >= 0.3 is 0 Å². The van der Waals surface area contributed by atoms with E-state index >= 15 is 0 Å². The van der Waals surface area contributed by atoms with Crippen LogP contribution in [-0.2, 0) is 4.74 Å². The summed E-state index contributed by atoms with van der Waals surface area (Å²) >= 11 is 0. The lowest BCUT2D eigenvalue weighted by molar-refractivity contribution is -0.0603. The van der Waals surface area contributed by atoms with E-state index in [2.05, 4.69) is 31.3 Å². The number of benzene rings is 1. The van der Waals surface area contributed by atoms with Crippen molar-refractivity contribution < 1.29 is 9.47 Å². The van der Waals surface area contributed by atoms with Crippen molar-refractivity contribution in [2.75, 3.05) is 13.1 Å².